The van der Waals surface area contributed by atoms with Gasteiger partial charge in [0.2, 0.25) is 0 Å². The zero-order valence-corrected chi connectivity index (χ0v) is 9.42. The summed E-state index contributed by atoms with van der Waals surface area (Å²) in [5, 5.41) is 6.70. The molecule has 1 aromatic rings. The normalized spacial score (nSPS) is 17.1. The predicted octanol–water partition coefficient (Wildman–Crippen LogP) is 2.00. The second kappa shape index (κ2) is 5.16. The van der Waals surface area contributed by atoms with Crippen LogP contribution >= 0.6 is 0 Å². The van der Waals surface area contributed by atoms with Crippen molar-refractivity contribution in [2.45, 2.75) is 18.9 Å². The lowest BCUT2D eigenvalue weighted by Gasteiger charge is -2.24. The SMILES string of the molecule is COc1cc(NC2CCNCC2)ccc1F. The molecule has 88 valence electrons. The third kappa shape index (κ3) is 2.64. The van der Waals surface area contributed by atoms with Crippen molar-refractivity contribution in [1.82, 2.24) is 5.32 Å². The topological polar surface area (TPSA) is 33.3 Å². The lowest BCUT2D eigenvalue weighted by Crippen LogP contribution is -2.35. The lowest BCUT2D eigenvalue weighted by molar-refractivity contribution is 0.386. The third-order valence-corrected chi connectivity index (χ3v) is 2.86. The number of anilines is 1. The van der Waals surface area contributed by atoms with Gasteiger partial charge in [-0.2, -0.15) is 0 Å². The van der Waals surface area contributed by atoms with Crippen molar-refractivity contribution >= 4 is 5.69 Å². The molecule has 0 bridgehead atoms. The van der Waals surface area contributed by atoms with Gasteiger partial charge >= 0.3 is 0 Å². The van der Waals surface area contributed by atoms with E-state index >= 15 is 0 Å². The maximum absolute atomic E-state index is 13.2. The number of halogens is 1. The molecule has 2 N–H and O–H groups in total. The van der Waals surface area contributed by atoms with E-state index in [2.05, 4.69) is 10.6 Å². The van der Waals surface area contributed by atoms with Gasteiger partial charge in [0, 0.05) is 17.8 Å². The molecule has 1 fully saturated rings. The van der Waals surface area contributed by atoms with Crippen molar-refractivity contribution < 1.29 is 9.13 Å². The van der Waals surface area contributed by atoms with Gasteiger partial charge in [0.15, 0.2) is 11.6 Å². The van der Waals surface area contributed by atoms with E-state index in [4.69, 9.17) is 4.74 Å². The minimum Gasteiger partial charge on any atom is -0.494 e. The van der Waals surface area contributed by atoms with Gasteiger partial charge in [-0.1, -0.05) is 0 Å². The summed E-state index contributed by atoms with van der Waals surface area (Å²) >= 11 is 0. The van der Waals surface area contributed by atoms with Gasteiger partial charge in [0.05, 0.1) is 7.11 Å². The van der Waals surface area contributed by atoms with Crippen molar-refractivity contribution in [2.24, 2.45) is 0 Å². The first-order valence-electron chi connectivity index (χ1n) is 5.60. The van der Waals surface area contributed by atoms with Crippen LogP contribution in [0.1, 0.15) is 12.8 Å². The van der Waals surface area contributed by atoms with E-state index in [0.717, 1.165) is 31.6 Å². The maximum atomic E-state index is 13.2. The van der Waals surface area contributed by atoms with Crippen LogP contribution in [0.25, 0.3) is 0 Å². The Hall–Kier alpha value is -1.29. The van der Waals surface area contributed by atoms with E-state index in [0.29, 0.717) is 11.8 Å². The fraction of sp³-hybridized carbons (Fsp3) is 0.500. The molecule has 16 heavy (non-hydrogen) atoms. The summed E-state index contributed by atoms with van der Waals surface area (Å²) in [7, 11) is 1.48. The Morgan fingerprint density at radius 2 is 2.12 bits per heavy atom. The highest BCUT2D eigenvalue weighted by atomic mass is 19.1. The van der Waals surface area contributed by atoms with E-state index < -0.39 is 0 Å². The van der Waals surface area contributed by atoms with Crippen LogP contribution in [0.5, 0.6) is 5.75 Å². The van der Waals surface area contributed by atoms with E-state index in [-0.39, 0.29) is 5.82 Å². The molecule has 1 heterocycles. The summed E-state index contributed by atoms with van der Waals surface area (Å²) in [4.78, 5) is 0. The summed E-state index contributed by atoms with van der Waals surface area (Å²) in [5.41, 5.74) is 0.921. The Bertz CT molecular complexity index is 351. The van der Waals surface area contributed by atoms with Gasteiger partial charge in [0.1, 0.15) is 0 Å². The third-order valence-electron chi connectivity index (χ3n) is 2.86. The maximum Gasteiger partial charge on any atom is 0.165 e. The first-order valence-corrected chi connectivity index (χ1v) is 5.60. The molecule has 0 saturated carbocycles. The summed E-state index contributed by atoms with van der Waals surface area (Å²) in [6.07, 6.45) is 2.19. The van der Waals surface area contributed by atoms with Gasteiger partial charge in [-0.25, -0.2) is 4.39 Å². The Labute approximate surface area is 95.0 Å². The van der Waals surface area contributed by atoms with Gasteiger partial charge in [0.25, 0.3) is 0 Å². The summed E-state index contributed by atoms with van der Waals surface area (Å²) in [6.45, 7) is 2.08. The lowest BCUT2D eigenvalue weighted by atomic mass is 10.1. The molecule has 0 unspecified atom stereocenters. The summed E-state index contributed by atoms with van der Waals surface area (Å²) in [6, 6.07) is 5.36. The first-order chi connectivity index (χ1) is 7.79. The minimum absolute atomic E-state index is 0.291. The molecule has 2 rings (SSSR count). The molecule has 4 heteroatoms. The molecule has 1 aromatic carbocycles. The molecule has 0 amide bonds. The zero-order chi connectivity index (χ0) is 11.4. The quantitative estimate of drug-likeness (QED) is 0.824. The molecule has 1 aliphatic rings. The van der Waals surface area contributed by atoms with Crippen molar-refractivity contribution in [2.75, 3.05) is 25.5 Å². The molecule has 1 aliphatic heterocycles. The highest BCUT2D eigenvalue weighted by Crippen LogP contribution is 2.22. The van der Waals surface area contributed by atoms with E-state index in [1.807, 2.05) is 0 Å². The monoisotopic (exact) mass is 224 g/mol. The molecule has 0 radical (unpaired) electrons. The van der Waals surface area contributed by atoms with Crippen LogP contribution in [-0.2, 0) is 0 Å². The standard InChI is InChI=1S/C12H17FN2O/c1-16-12-8-10(2-3-11(12)13)15-9-4-6-14-7-5-9/h2-3,8-9,14-15H,4-7H2,1H3. The second-order valence-electron chi connectivity index (χ2n) is 4.02. The Balaban J connectivity index is 2.03. The van der Waals surface area contributed by atoms with Crippen LogP contribution < -0.4 is 15.4 Å². The van der Waals surface area contributed by atoms with E-state index in [1.54, 1.807) is 12.1 Å². The molecule has 0 aliphatic carbocycles. The molecular formula is C12H17FN2O. The number of piperidine rings is 1. The number of hydrogen-bond acceptors (Lipinski definition) is 3. The molecule has 1 saturated heterocycles. The highest BCUT2D eigenvalue weighted by molar-refractivity contribution is 5.49. The fourth-order valence-electron chi connectivity index (χ4n) is 1.95. The van der Waals surface area contributed by atoms with Gasteiger partial charge in [-0.15, -0.1) is 0 Å². The number of hydrogen-bond donors (Lipinski definition) is 2. The second-order valence-corrected chi connectivity index (χ2v) is 4.02. The minimum atomic E-state index is -0.321. The molecular weight excluding hydrogens is 207 g/mol. The highest BCUT2D eigenvalue weighted by Gasteiger charge is 2.13. The molecule has 0 atom stereocenters. The Morgan fingerprint density at radius 1 is 1.38 bits per heavy atom. The van der Waals surface area contributed by atoms with Crippen LogP contribution in [0, 0.1) is 5.82 Å². The van der Waals surface area contributed by atoms with Crippen molar-refractivity contribution in [3.63, 3.8) is 0 Å². The molecule has 0 aromatic heterocycles. The number of ether oxygens (including phenoxy) is 1. The van der Waals surface area contributed by atoms with Gasteiger partial charge in [-0.05, 0) is 38.1 Å². The molecule has 0 spiro atoms. The van der Waals surface area contributed by atoms with E-state index in [9.17, 15) is 4.39 Å². The first kappa shape index (κ1) is 11.2. The largest absolute Gasteiger partial charge is 0.494 e. The Kier molecular flexibility index (Phi) is 3.62. The average molecular weight is 224 g/mol. The van der Waals surface area contributed by atoms with Crippen LogP contribution in [0.3, 0.4) is 0 Å². The van der Waals surface area contributed by atoms with Gasteiger partial charge in [-0.3, -0.25) is 0 Å². The van der Waals surface area contributed by atoms with Crippen LogP contribution in [0.2, 0.25) is 0 Å². The zero-order valence-electron chi connectivity index (χ0n) is 9.42. The van der Waals surface area contributed by atoms with Crippen LogP contribution in [-0.4, -0.2) is 26.2 Å². The smallest absolute Gasteiger partial charge is 0.165 e. The van der Waals surface area contributed by atoms with Crippen molar-refractivity contribution in [1.29, 1.82) is 0 Å². The fourth-order valence-corrected chi connectivity index (χ4v) is 1.95. The summed E-state index contributed by atoms with van der Waals surface area (Å²) in [5.74, 6) is -0.0303. The number of methoxy groups -OCH3 is 1. The number of benzene rings is 1. The van der Waals surface area contributed by atoms with Crippen molar-refractivity contribution in [3.05, 3.63) is 24.0 Å². The van der Waals surface area contributed by atoms with Crippen LogP contribution in [0.15, 0.2) is 18.2 Å². The van der Waals surface area contributed by atoms with Gasteiger partial charge < -0.3 is 15.4 Å². The molecule has 3 nitrogen and oxygen atoms in total. The number of nitrogens with one attached hydrogen (secondary N) is 2. The summed E-state index contributed by atoms with van der Waals surface area (Å²) < 4.78 is 18.1. The predicted molar refractivity (Wildman–Crippen MR) is 62.5 cm³/mol. The van der Waals surface area contributed by atoms with E-state index in [1.165, 1.54) is 13.2 Å². The van der Waals surface area contributed by atoms with Crippen molar-refractivity contribution in [3.8, 4) is 5.75 Å². The number of rotatable bonds is 3. The average Bonchev–Trinajstić information content (AvgIpc) is 2.33. The Morgan fingerprint density at radius 3 is 2.81 bits per heavy atom. The van der Waals surface area contributed by atoms with Crippen LogP contribution in [0.4, 0.5) is 10.1 Å².